The normalized spacial score (nSPS) is 14.3. The molecule has 0 spiro atoms. The first-order chi connectivity index (χ1) is 17.0. The Hall–Kier alpha value is -3.77. The summed E-state index contributed by atoms with van der Waals surface area (Å²) in [4.78, 5) is 22.1. The van der Waals surface area contributed by atoms with Gasteiger partial charge < -0.3 is 10.2 Å². The SMILES string of the molecule is Cc1ccc2c(N3CCN(CCc4cccc(NC(=O)c5cccc(F)c5)c4)CC3)cccc2n1. The number of halogens is 1. The van der Waals surface area contributed by atoms with E-state index in [1.54, 1.807) is 12.1 Å². The molecule has 0 unspecified atom stereocenters. The zero-order chi connectivity index (χ0) is 24.2. The monoisotopic (exact) mass is 468 g/mol. The van der Waals surface area contributed by atoms with E-state index < -0.39 is 5.82 Å². The van der Waals surface area contributed by atoms with Crippen LogP contribution in [-0.4, -0.2) is 48.5 Å². The molecular weight excluding hydrogens is 439 g/mol. The lowest BCUT2D eigenvalue weighted by atomic mass is 10.1. The third-order valence-electron chi connectivity index (χ3n) is 6.55. The number of fused-ring (bicyclic) bond motifs is 1. The van der Waals surface area contributed by atoms with Gasteiger partial charge in [-0.3, -0.25) is 14.7 Å². The Labute approximate surface area is 205 Å². The molecule has 1 N–H and O–H groups in total. The van der Waals surface area contributed by atoms with Crippen molar-refractivity contribution in [2.75, 3.05) is 42.9 Å². The number of benzene rings is 3. The molecule has 0 bridgehead atoms. The molecule has 0 atom stereocenters. The van der Waals surface area contributed by atoms with E-state index in [-0.39, 0.29) is 5.91 Å². The number of anilines is 2. The average Bonchev–Trinajstić information content (AvgIpc) is 2.87. The van der Waals surface area contributed by atoms with Crippen LogP contribution in [0.5, 0.6) is 0 Å². The van der Waals surface area contributed by atoms with Crippen LogP contribution in [0.1, 0.15) is 21.6 Å². The van der Waals surface area contributed by atoms with Crippen LogP contribution in [0.4, 0.5) is 15.8 Å². The molecule has 3 aromatic carbocycles. The standard InChI is InChI=1S/C29H29FN4O/c1-21-11-12-26-27(31-21)9-4-10-28(26)34-17-15-33(16-18-34)14-13-22-5-2-8-25(19-22)32-29(35)23-6-3-7-24(30)20-23/h2-12,19-20H,13-18H2,1H3,(H,32,35). The van der Waals surface area contributed by atoms with Crippen LogP contribution < -0.4 is 10.2 Å². The molecule has 6 heteroatoms. The Morgan fingerprint density at radius 1 is 0.943 bits per heavy atom. The topological polar surface area (TPSA) is 48.5 Å². The van der Waals surface area contributed by atoms with Crippen LogP contribution in [0.15, 0.2) is 78.9 Å². The van der Waals surface area contributed by atoms with Gasteiger partial charge in [0.2, 0.25) is 0 Å². The molecule has 0 saturated carbocycles. The Morgan fingerprint density at radius 2 is 1.74 bits per heavy atom. The highest BCUT2D eigenvalue weighted by Gasteiger charge is 2.19. The fourth-order valence-electron chi connectivity index (χ4n) is 4.65. The highest BCUT2D eigenvalue weighted by molar-refractivity contribution is 6.04. The second-order valence-electron chi connectivity index (χ2n) is 9.04. The highest BCUT2D eigenvalue weighted by Crippen LogP contribution is 2.27. The van der Waals surface area contributed by atoms with E-state index in [2.05, 4.69) is 56.5 Å². The number of aryl methyl sites for hydroxylation is 1. The summed E-state index contributed by atoms with van der Waals surface area (Å²) in [6, 6.07) is 24.2. The van der Waals surface area contributed by atoms with Gasteiger partial charge in [-0.2, -0.15) is 0 Å². The first kappa shape index (κ1) is 23.0. The van der Waals surface area contributed by atoms with Crippen LogP contribution in [0, 0.1) is 12.7 Å². The summed E-state index contributed by atoms with van der Waals surface area (Å²) in [5.74, 6) is -0.727. The second kappa shape index (κ2) is 10.2. The van der Waals surface area contributed by atoms with Crippen LogP contribution >= 0.6 is 0 Å². The molecule has 1 aliphatic rings. The Bertz CT molecular complexity index is 1350. The van der Waals surface area contributed by atoms with Gasteiger partial charge in [-0.15, -0.1) is 0 Å². The number of rotatable bonds is 6. The molecule has 2 heterocycles. The van der Waals surface area contributed by atoms with Crippen molar-refractivity contribution in [3.8, 4) is 0 Å². The molecule has 4 aromatic rings. The van der Waals surface area contributed by atoms with Crippen molar-refractivity contribution in [2.45, 2.75) is 13.3 Å². The van der Waals surface area contributed by atoms with Crippen LogP contribution in [0.25, 0.3) is 10.9 Å². The smallest absolute Gasteiger partial charge is 0.255 e. The van der Waals surface area contributed by atoms with Gasteiger partial charge in [0, 0.05) is 60.7 Å². The summed E-state index contributed by atoms with van der Waals surface area (Å²) in [6.45, 7) is 6.97. The summed E-state index contributed by atoms with van der Waals surface area (Å²) in [5.41, 5.74) is 5.55. The molecule has 1 fully saturated rings. The van der Waals surface area contributed by atoms with Gasteiger partial charge in [-0.25, -0.2) is 4.39 Å². The van der Waals surface area contributed by atoms with E-state index >= 15 is 0 Å². The quantitative estimate of drug-likeness (QED) is 0.417. The van der Waals surface area contributed by atoms with E-state index in [1.807, 2.05) is 25.1 Å². The predicted octanol–water partition coefficient (Wildman–Crippen LogP) is 5.30. The van der Waals surface area contributed by atoms with Crippen molar-refractivity contribution in [1.29, 1.82) is 0 Å². The summed E-state index contributed by atoms with van der Waals surface area (Å²) >= 11 is 0. The number of piperazine rings is 1. The van der Waals surface area contributed by atoms with E-state index in [1.165, 1.54) is 28.8 Å². The lowest BCUT2D eigenvalue weighted by molar-refractivity contribution is 0.102. The molecule has 1 aliphatic heterocycles. The van der Waals surface area contributed by atoms with E-state index in [4.69, 9.17) is 0 Å². The Kier molecular flexibility index (Phi) is 6.73. The average molecular weight is 469 g/mol. The van der Waals surface area contributed by atoms with Crippen molar-refractivity contribution in [3.05, 3.63) is 102 Å². The fourth-order valence-corrected chi connectivity index (χ4v) is 4.65. The fraction of sp³-hybridized carbons (Fsp3) is 0.241. The van der Waals surface area contributed by atoms with E-state index in [9.17, 15) is 9.18 Å². The van der Waals surface area contributed by atoms with Crippen molar-refractivity contribution in [3.63, 3.8) is 0 Å². The molecule has 35 heavy (non-hydrogen) atoms. The first-order valence-electron chi connectivity index (χ1n) is 12.0. The second-order valence-corrected chi connectivity index (χ2v) is 9.04. The number of amides is 1. The summed E-state index contributed by atoms with van der Waals surface area (Å²) in [5, 5.41) is 4.09. The van der Waals surface area contributed by atoms with Gasteiger partial charge in [-0.1, -0.05) is 24.3 Å². The molecule has 5 nitrogen and oxygen atoms in total. The van der Waals surface area contributed by atoms with Crippen molar-refractivity contribution in [1.82, 2.24) is 9.88 Å². The number of carbonyl (C=O) groups excluding carboxylic acids is 1. The van der Waals surface area contributed by atoms with E-state index in [0.29, 0.717) is 5.56 Å². The minimum absolute atomic E-state index is 0.309. The largest absolute Gasteiger partial charge is 0.368 e. The maximum Gasteiger partial charge on any atom is 0.255 e. The molecule has 178 valence electrons. The van der Waals surface area contributed by atoms with Crippen molar-refractivity contribution >= 4 is 28.2 Å². The first-order valence-corrected chi connectivity index (χ1v) is 12.0. The zero-order valence-electron chi connectivity index (χ0n) is 19.9. The number of nitrogens with zero attached hydrogens (tertiary/aromatic N) is 3. The molecule has 5 rings (SSSR count). The molecule has 0 radical (unpaired) electrons. The maximum atomic E-state index is 13.4. The third-order valence-corrected chi connectivity index (χ3v) is 6.55. The Morgan fingerprint density at radius 3 is 2.57 bits per heavy atom. The third kappa shape index (κ3) is 5.49. The van der Waals surface area contributed by atoms with Gasteiger partial charge in [0.25, 0.3) is 5.91 Å². The minimum atomic E-state index is -0.418. The molecule has 0 aliphatic carbocycles. The molecule has 1 amide bonds. The van der Waals surface area contributed by atoms with Gasteiger partial charge in [0.15, 0.2) is 0 Å². The van der Waals surface area contributed by atoms with Crippen LogP contribution in [-0.2, 0) is 6.42 Å². The maximum absolute atomic E-state index is 13.4. The summed E-state index contributed by atoms with van der Waals surface area (Å²) < 4.78 is 13.4. The zero-order valence-corrected chi connectivity index (χ0v) is 19.9. The number of hydrogen-bond acceptors (Lipinski definition) is 4. The number of hydrogen-bond donors (Lipinski definition) is 1. The number of nitrogens with one attached hydrogen (secondary N) is 1. The lowest BCUT2D eigenvalue weighted by Crippen LogP contribution is -2.47. The molecule has 1 saturated heterocycles. The summed E-state index contributed by atoms with van der Waals surface area (Å²) in [6.07, 6.45) is 0.904. The van der Waals surface area contributed by atoms with Crippen LogP contribution in [0.3, 0.4) is 0 Å². The van der Waals surface area contributed by atoms with Crippen molar-refractivity contribution in [2.24, 2.45) is 0 Å². The predicted molar refractivity (Wildman–Crippen MR) is 140 cm³/mol. The van der Waals surface area contributed by atoms with Crippen molar-refractivity contribution < 1.29 is 9.18 Å². The molecule has 1 aromatic heterocycles. The Balaban J connectivity index is 1.16. The van der Waals surface area contributed by atoms with Gasteiger partial charge in [-0.05, 0) is 73.5 Å². The lowest BCUT2D eigenvalue weighted by Gasteiger charge is -2.36. The summed E-state index contributed by atoms with van der Waals surface area (Å²) in [7, 11) is 0. The van der Waals surface area contributed by atoms with Gasteiger partial charge in [0.1, 0.15) is 5.82 Å². The van der Waals surface area contributed by atoms with E-state index in [0.717, 1.165) is 56.0 Å². The highest BCUT2D eigenvalue weighted by atomic mass is 19.1. The number of carbonyl (C=O) groups is 1. The van der Waals surface area contributed by atoms with Crippen LogP contribution in [0.2, 0.25) is 0 Å². The number of aromatic nitrogens is 1. The van der Waals surface area contributed by atoms with Gasteiger partial charge in [0.05, 0.1) is 5.52 Å². The minimum Gasteiger partial charge on any atom is -0.368 e. The van der Waals surface area contributed by atoms with Gasteiger partial charge >= 0.3 is 0 Å². The molecular formula is C29H29FN4O. The number of pyridine rings is 1.